The van der Waals surface area contributed by atoms with E-state index >= 15 is 0 Å². The van der Waals surface area contributed by atoms with E-state index in [1.807, 2.05) is 6.92 Å². The zero-order valence-electron chi connectivity index (χ0n) is 23.9. The van der Waals surface area contributed by atoms with Gasteiger partial charge in [-0.25, -0.2) is 13.2 Å². The van der Waals surface area contributed by atoms with Gasteiger partial charge >= 0.3 is 6.03 Å². The van der Waals surface area contributed by atoms with Crippen LogP contribution in [0.2, 0.25) is 5.02 Å². The molecule has 0 fully saturated rings. The first-order valence-electron chi connectivity index (χ1n) is 13.3. The first kappa shape index (κ1) is 31.1. The van der Waals surface area contributed by atoms with E-state index < -0.39 is 34.1 Å². The monoisotopic (exact) mass is 619 g/mol. The molecular weight excluding hydrogens is 586 g/mol. The number of aryl methyl sites for hydroxylation is 2. The number of nitrogens with zero attached hydrogens (tertiary/aromatic N) is 3. The number of carbonyl (C=O) groups is 2. The van der Waals surface area contributed by atoms with E-state index in [0.29, 0.717) is 22.2 Å². The fourth-order valence-electron chi connectivity index (χ4n) is 4.58. The lowest BCUT2D eigenvalue weighted by Crippen LogP contribution is -2.50. The van der Waals surface area contributed by atoms with Gasteiger partial charge in [0.2, 0.25) is 0 Å². The summed E-state index contributed by atoms with van der Waals surface area (Å²) in [6.45, 7) is 7.02. The van der Waals surface area contributed by atoms with Crippen molar-refractivity contribution in [2.24, 2.45) is 5.92 Å². The number of halogens is 1. The average Bonchev–Trinajstić information content (AvgIpc) is 3.26. The van der Waals surface area contributed by atoms with Crippen LogP contribution in [0.3, 0.4) is 0 Å². The molecule has 1 aliphatic rings. The first-order chi connectivity index (χ1) is 19.8. The summed E-state index contributed by atoms with van der Waals surface area (Å²) < 4.78 is 40.6. The Hall–Kier alpha value is -3.81. The zero-order chi connectivity index (χ0) is 30.8. The lowest BCUT2D eigenvalue weighted by molar-refractivity contribution is 0.0373. The Morgan fingerprint density at radius 1 is 1.24 bits per heavy atom. The molecule has 226 valence electrons. The number of likely N-dealkylation sites (N-methyl/N-ethyl adjacent to an activating group) is 1. The maximum absolute atomic E-state index is 13.7. The highest BCUT2D eigenvalue weighted by Gasteiger charge is 2.35. The van der Waals surface area contributed by atoms with Gasteiger partial charge in [0.25, 0.3) is 15.9 Å². The number of anilines is 2. The number of rotatable bonds is 8. The number of nitrogens with one attached hydrogen (secondary N) is 2. The largest absolute Gasteiger partial charge is 0.485 e. The normalized spacial score (nSPS) is 17.9. The van der Waals surface area contributed by atoms with Crippen molar-refractivity contribution in [3.8, 4) is 5.75 Å². The van der Waals surface area contributed by atoms with Gasteiger partial charge in [0.05, 0.1) is 35.3 Å². The number of fused-ring (bicyclic) bond motifs is 1. The fraction of sp³-hybridized carbons (Fsp3) is 0.393. The van der Waals surface area contributed by atoms with E-state index in [9.17, 15) is 23.1 Å². The molecular formula is C28H34ClN5O7S. The van der Waals surface area contributed by atoms with Gasteiger partial charge < -0.3 is 29.5 Å². The molecule has 3 amide bonds. The molecule has 0 radical (unpaired) electrons. The minimum Gasteiger partial charge on any atom is -0.485 e. The van der Waals surface area contributed by atoms with Crippen LogP contribution in [0.15, 0.2) is 51.9 Å². The number of aliphatic hydroxyl groups is 1. The van der Waals surface area contributed by atoms with Crippen molar-refractivity contribution >= 4 is 44.9 Å². The molecule has 0 bridgehead atoms. The molecule has 1 aliphatic heterocycles. The number of ether oxygens (including phenoxy) is 1. The number of hydrogen-bond donors (Lipinski definition) is 3. The van der Waals surface area contributed by atoms with Gasteiger partial charge in [0, 0.05) is 24.5 Å². The second kappa shape index (κ2) is 12.6. The maximum atomic E-state index is 13.7. The van der Waals surface area contributed by atoms with Crippen molar-refractivity contribution < 1.29 is 32.4 Å². The van der Waals surface area contributed by atoms with Gasteiger partial charge in [-0.05, 0) is 57.2 Å². The van der Waals surface area contributed by atoms with Crippen LogP contribution in [-0.2, 0) is 10.0 Å². The van der Waals surface area contributed by atoms with Gasteiger partial charge in [0.1, 0.15) is 17.5 Å². The summed E-state index contributed by atoms with van der Waals surface area (Å²) in [7, 11) is -2.49. The minimum absolute atomic E-state index is 0.0197. The molecule has 0 aliphatic carbocycles. The molecule has 42 heavy (non-hydrogen) atoms. The summed E-state index contributed by atoms with van der Waals surface area (Å²) in [6, 6.07) is 9.27. The standard InChI is InChI=1S/C28H34ClN5O7S/c1-16-13-34(17(2)15-35)27(36)22-7-6-8-23(32-42(38,39)21-11-9-20(29)10-12-21)26(22)40-24(16)14-33(5)28(37)30-25-18(3)31-41-19(25)4/h6-12,16-17,24,32,35H,13-15H2,1-5H3,(H,30,37)/t16-,17+,24+/m1/s1. The van der Waals surface area contributed by atoms with Crippen LogP contribution < -0.4 is 14.8 Å². The summed E-state index contributed by atoms with van der Waals surface area (Å²) in [6.07, 6.45) is -0.674. The van der Waals surface area contributed by atoms with Gasteiger partial charge in [-0.3, -0.25) is 9.52 Å². The second-order valence-corrected chi connectivity index (χ2v) is 12.5. The minimum atomic E-state index is -4.08. The second-order valence-electron chi connectivity index (χ2n) is 10.4. The van der Waals surface area contributed by atoms with Crippen LogP contribution in [0.4, 0.5) is 16.2 Å². The Morgan fingerprint density at radius 3 is 2.55 bits per heavy atom. The van der Waals surface area contributed by atoms with Gasteiger partial charge in [-0.1, -0.05) is 29.7 Å². The van der Waals surface area contributed by atoms with Crippen molar-refractivity contribution in [3.05, 3.63) is 64.5 Å². The molecule has 3 N–H and O–H groups in total. The zero-order valence-corrected chi connectivity index (χ0v) is 25.5. The number of urea groups is 1. The van der Waals surface area contributed by atoms with Crippen molar-refractivity contribution in [1.29, 1.82) is 0 Å². The number of amides is 3. The number of para-hydroxylation sites is 1. The predicted octanol–water partition coefficient (Wildman–Crippen LogP) is 4.13. The molecule has 4 rings (SSSR count). The number of sulfonamides is 1. The summed E-state index contributed by atoms with van der Waals surface area (Å²) in [5.41, 5.74) is 1.17. The van der Waals surface area contributed by atoms with Crippen molar-refractivity contribution in [2.75, 3.05) is 36.8 Å². The van der Waals surface area contributed by atoms with Crippen LogP contribution in [0.1, 0.15) is 35.7 Å². The van der Waals surface area contributed by atoms with Crippen LogP contribution >= 0.6 is 11.6 Å². The van der Waals surface area contributed by atoms with Crippen LogP contribution in [0, 0.1) is 19.8 Å². The molecule has 0 saturated carbocycles. The Morgan fingerprint density at radius 2 is 1.93 bits per heavy atom. The van der Waals surface area contributed by atoms with E-state index in [1.54, 1.807) is 33.9 Å². The third kappa shape index (κ3) is 6.63. The van der Waals surface area contributed by atoms with Crippen LogP contribution in [0.5, 0.6) is 5.75 Å². The Kier molecular flexibility index (Phi) is 9.34. The summed E-state index contributed by atoms with van der Waals surface area (Å²) in [5, 5.41) is 16.9. The number of hydrogen-bond acceptors (Lipinski definition) is 8. The SMILES string of the molecule is Cc1noc(C)c1NC(=O)N(C)C[C@@H]1Oc2c(NS(=O)(=O)c3ccc(Cl)cc3)cccc2C(=O)N([C@@H](C)CO)C[C@H]1C. The molecule has 14 heteroatoms. The maximum Gasteiger partial charge on any atom is 0.321 e. The molecule has 3 aromatic rings. The van der Waals surface area contributed by atoms with Gasteiger partial charge in [-0.15, -0.1) is 0 Å². The van der Waals surface area contributed by atoms with E-state index in [2.05, 4.69) is 15.2 Å². The van der Waals surface area contributed by atoms with Crippen molar-refractivity contribution in [3.63, 3.8) is 0 Å². The predicted molar refractivity (Wildman–Crippen MR) is 157 cm³/mol. The number of carbonyl (C=O) groups excluding carboxylic acids is 2. The van der Waals surface area contributed by atoms with E-state index in [0.717, 1.165) is 0 Å². The molecule has 0 saturated heterocycles. The average molecular weight is 620 g/mol. The number of aliphatic hydroxyl groups excluding tert-OH is 1. The van der Waals surface area contributed by atoms with E-state index in [-0.39, 0.29) is 47.5 Å². The third-order valence-electron chi connectivity index (χ3n) is 7.13. The highest BCUT2D eigenvalue weighted by atomic mass is 35.5. The topological polar surface area (TPSA) is 154 Å². The Bertz CT molecular complexity index is 1540. The third-order valence-corrected chi connectivity index (χ3v) is 8.76. The van der Waals surface area contributed by atoms with Crippen molar-refractivity contribution in [2.45, 2.75) is 44.7 Å². The molecule has 3 atom stereocenters. The molecule has 2 heterocycles. The lowest BCUT2D eigenvalue weighted by atomic mass is 9.99. The van der Waals surface area contributed by atoms with E-state index in [1.165, 1.54) is 46.2 Å². The Balaban J connectivity index is 1.70. The molecule has 1 aromatic heterocycles. The van der Waals surface area contributed by atoms with Gasteiger partial charge in [-0.2, -0.15) is 0 Å². The Labute approximate surface area is 249 Å². The molecule has 12 nitrogen and oxygen atoms in total. The van der Waals surface area contributed by atoms with Crippen LogP contribution in [0.25, 0.3) is 0 Å². The fourth-order valence-corrected chi connectivity index (χ4v) is 5.76. The first-order valence-corrected chi connectivity index (χ1v) is 15.1. The molecule has 0 spiro atoms. The molecule has 0 unspecified atom stereocenters. The lowest BCUT2D eigenvalue weighted by Gasteiger charge is -2.38. The number of benzene rings is 2. The highest BCUT2D eigenvalue weighted by Crippen LogP contribution is 2.36. The summed E-state index contributed by atoms with van der Waals surface area (Å²) in [4.78, 5) is 29.7. The summed E-state index contributed by atoms with van der Waals surface area (Å²) >= 11 is 5.93. The van der Waals surface area contributed by atoms with Crippen LogP contribution in [-0.4, -0.2) is 79.3 Å². The van der Waals surface area contributed by atoms with Crippen molar-refractivity contribution in [1.82, 2.24) is 15.0 Å². The van der Waals surface area contributed by atoms with E-state index in [4.69, 9.17) is 20.9 Å². The molecule has 2 aromatic carbocycles. The smallest absolute Gasteiger partial charge is 0.321 e. The van der Waals surface area contributed by atoms with Gasteiger partial charge in [0.15, 0.2) is 11.5 Å². The number of aromatic nitrogens is 1. The highest BCUT2D eigenvalue weighted by molar-refractivity contribution is 7.92. The summed E-state index contributed by atoms with van der Waals surface area (Å²) in [5.74, 6) is -0.269. The quantitative estimate of drug-likeness (QED) is 0.340.